The number of rotatable bonds is 9. The first-order chi connectivity index (χ1) is 17.6. The Morgan fingerprint density at radius 2 is 1.81 bits per heavy atom. The lowest BCUT2D eigenvalue weighted by Gasteiger charge is -2.45. The number of amides is 2. The summed E-state index contributed by atoms with van der Waals surface area (Å²) in [6.45, 7) is 7.32. The number of nitrogens with one attached hydrogen (secondary N) is 1. The van der Waals surface area contributed by atoms with E-state index >= 15 is 0 Å². The molecule has 0 bridgehead atoms. The Balaban J connectivity index is 1.36. The van der Waals surface area contributed by atoms with E-state index in [4.69, 9.17) is 9.47 Å². The van der Waals surface area contributed by atoms with Crippen LogP contribution in [0.2, 0.25) is 0 Å². The number of benzene rings is 2. The minimum Gasteiger partial charge on any atom is -0.460 e. The summed E-state index contributed by atoms with van der Waals surface area (Å²) in [5, 5.41) is 12.9. The number of aliphatic hydroxyl groups is 1. The number of anilines is 1. The van der Waals surface area contributed by atoms with E-state index in [9.17, 15) is 24.3 Å². The number of nitrogens with zero attached hydrogens (tertiary/aromatic N) is 1. The zero-order valence-electron chi connectivity index (χ0n) is 20.5. The molecule has 2 heterocycles. The third-order valence-corrected chi connectivity index (χ3v) is 7.88. The fourth-order valence-corrected chi connectivity index (χ4v) is 6.17. The predicted molar refractivity (Wildman–Crippen MR) is 138 cm³/mol. The van der Waals surface area contributed by atoms with E-state index in [1.54, 1.807) is 0 Å². The third kappa shape index (κ3) is 5.40. The van der Waals surface area contributed by atoms with Crippen LogP contribution in [-0.4, -0.2) is 62.6 Å². The summed E-state index contributed by atoms with van der Waals surface area (Å²) in [7, 11) is 0. The summed E-state index contributed by atoms with van der Waals surface area (Å²) >= 11 is 1.36. The van der Waals surface area contributed by atoms with E-state index in [0.717, 1.165) is 5.56 Å². The Morgan fingerprint density at radius 1 is 1.14 bits per heavy atom. The van der Waals surface area contributed by atoms with Crippen LogP contribution < -0.4 is 5.32 Å². The first kappa shape index (κ1) is 26.4. The molecule has 4 rings (SSSR count). The van der Waals surface area contributed by atoms with Crippen molar-refractivity contribution in [1.82, 2.24) is 4.90 Å². The number of Topliss-reactive ketones (excluding diaryl/α,β-unsaturated/α-hetero) is 1. The van der Waals surface area contributed by atoms with Crippen LogP contribution in [-0.2, 0) is 25.7 Å². The maximum absolute atomic E-state index is 13.0. The fourth-order valence-electron chi connectivity index (χ4n) is 4.46. The number of aliphatic hydroxyl groups excluding tert-OH is 1. The van der Waals surface area contributed by atoms with Crippen LogP contribution in [0.15, 0.2) is 67.3 Å². The van der Waals surface area contributed by atoms with Crippen LogP contribution in [0.1, 0.15) is 29.8 Å². The molecule has 10 heteroatoms. The van der Waals surface area contributed by atoms with Crippen molar-refractivity contribution >= 4 is 41.2 Å². The van der Waals surface area contributed by atoms with Crippen LogP contribution in [0.5, 0.6) is 0 Å². The molecule has 194 valence electrons. The van der Waals surface area contributed by atoms with Crippen molar-refractivity contribution in [3.63, 3.8) is 0 Å². The van der Waals surface area contributed by atoms with Crippen molar-refractivity contribution in [1.29, 1.82) is 0 Å². The summed E-state index contributed by atoms with van der Waals surface area (Å²) in [5.41, 5.74) is 1.44. The van der Waals surface area contributed by atoms with Crippen LogP contribution in [0.25, 0.3) is 0 Å². The van der Waals surface area contributed by atoms with Gasteiger partial charge in [0.05, 0.1) is 5.37 Å². The highest BCUT2D eigenvalue weighted by Crippen LogP contribution is 2.54. The van der Waals surface area contributed by atoms with Crippen molar-refractivity contribution < 1.29 is 33.8 Å². The zero-order valence-corrected chi connectivity index (χ0v) is 21.3. The van der Waals surface area contributed by atoms with Gasteiger partial charge in [0.1, 0.15) is 31.3 Å². The lowest BCUT2D eigenvalue weighted by molar-refractivity contribution is -0.169. The van der Waals surface area contributed by atoms with E-state index in [-0.39, 0.29) is 18.8 Å². The molecule has 9 nitrogen and oxygen atoms in total. The van der Waals surface area contributed by atoms with Crippen LogP contribution >= 0.6 is 11.8 Å². The SMILES string of the molecule is C=CCOC(=O)[C@@H]1N2C(=O)[C@@H]([C@H](O)C(=O)c3ccc(NC(=O)OCc4ccccc4)cc3)[C@H]2SC1(C)C. The second kappa shape index (κ2) is 10.8. The minimum atomic E-state index is -1.57. The average molecular weight is 525 g/mol. The van der Waals surface area contributed by atoms with Gasteiger partial charge >= 0.3 is 12.1 Å². The first-order valence-electron chi connectivity index (χ1n) is 11.7. The number of carbonyl (C=O) groups excluding carboxylic acids is 4. The Bertz CT molecular complexity index is 1200. The standard InChI is InChI=1S/C27H28N2O7S/c1-4-14-35-25(33)22-27(2,3)37-24-19(23(32)29(22)24)21(31)20(30)17-10-12-18(13-11-17)28-26(34)36-15-16-8-6-5-7-9-16/h4-13,19,21-22,24,31H,1,14-15H2,2-3H3,(H,28,34)/t19-,21+,22+,24-/m1/s1. The molecule has 2 aliphatic rings. The Hall–Kier alpha value is -3.63. The van der Waals surface area contributed by atoms with E-state index in [1.165, 1.54) is 47.0 Å². The maximum atomic E-state index is 13.0. The quantitative estimate of drug-likeness (QED) is 0.222. The molecule has 2 aromatic carbocycles. The van der Waals surface area contributed by atoms with Crippen molar-refractivity contribution in [2.75, 3.05) is 11.9 Å². The molecular weight excluding hydrogens is 496 g/mol. The van der Waals surface area contributed by atoms with Crippen LogP contribution in [0.4, 0.5) is 10.5 Å². The Kier molecular flexibility index (Phi) is 7.70. The van der Waals surface area contributed by atoms with Crippen molar-refractivity contribution in [2.24, 2.45) is 5.92 Å². The molecule has 2 saturated heterocycles. The summed E-state index contributed by atoms with van der Waals surface area (Å²) in [6.07, 6.45) is -0.776. The van der Waals surface area contributed by atoms with E-state index in [1.807, 2.05) is 44.2 Å². The summed E-state index contributed by atoms with van der Waals surface area (Å²) in [6, 6.07) is 14.4. The number of thioether (sulfide) groups is 1. The molecule has 0 aromatic heterocycles. The van der Waals surface area contributed by atoms with Gasteiger partial charge in [0, 0.05) is 16.0 Å². The van der Waals surface area contributed by atoms with E-state index < -0.39 is 51.9 Å². The molecule has 0 radical (unpaired) electrons. The molecule has 0 saturated carbocycles. The molecule has 0 unspecified atom stereocenters. The molecule has 37 heavy (non-hydrogen) atoms. The molecule has 2 aliphatic heterocycles. The van der Waals surface area contributed by atoms with Crippen molar-refractivity contribution in [2.45, 2.75) is 42.7 Å². The monoisotopic (exact) mass is 524 g/mol. The van der Waals surface area contributed by atoms with Gasteiger partial charge in [0.25, 0.3) is 0 Å². The van der Waals surface area contributed by atoms with Gasteiger partial charge in [-0.25, -0.2) is 9.59 Å². The van der Waals surface area contributed by atoms with Gasteiger partial charge in [0.2, 0.25) is 5.91 Å². The number of carbonyl (C=O) groups is 4. The van der Waals surface area contributed by atoms with Crippen molar-refractivity contribution in [3.05, 3.63) is 78.4 Å². The Morgan fingerprint density at radius 3 is 2.46 bits per heavy atom. The van der Waals surface area contributed by atoms with Gasteiger partial charge in [-0.2, -0.15) is 0 Å². The predicted octanol–water partition coefficient (Wildman–Crippen LogP) is 3.39. The molecule has 0 spiro atoms. The van der Waals surface area contributed by atoms with Gasteiger partial charge in [-0.3, -0.25) is 14.9 Å². The normalized spacial score (nSPS) is 22.3. The molecule has 2 amide bonds. The molecule has 2 N–H and O–H groups in total. The molecule has 0 aliphatic carbocycles. The number of hydrogen-bond acceptors (Lipinski definition) is 8. The topological polar surface area (TPSA) is 122 Å². The van der Waals surface area contributed by atoms with Gasteiger partial charge in [-0.05, 0) is 43.7 Å². The molecule has 4 atom stereocenters. The lowest BCUT2D eigenvalue weighted by atomic mass is 9.85. The third-order valence-electron chi connectivity index (χ3n) is 6.29. The highest BCUT2D eigenvalue weighted by atomic mass is 32.2. The second-order valence-corrected chi connectivity index (χ2v) is 11.0. The smallest absolute Gasteiger partial charge is 0.411 e. The fraction of sp³-hybridized carbons (Fsp3) is 0.333. The number of hydrogen-bond donors (Lipinski definition) is 2. The lowest BCUT2D eigenvalue weighted by Crippen LogP contribution is -2.66. The minimum absolute atomic E-state index is 0.0307. The largest absolute Gasteiger partial charge is 0.460 e. The summed E-state index contributed by atoms with van der Waals surface area (Å²) < 4.78 is 9.69. The number of fused-ring (bicyclic) bond motifs is 1. The van der Waals surface area contributed by atoms with E-state index in [0.29, 0.717) is 5.69 Å². The zero-order chi connectivity index (χ0) is 26.7. The van der Waals surface area contributed by atoms with Crippen LogP contribution in [0, 0.1) is 5.92 Å². The second-order valence-electron chi connectivity index (χ2n) is 9.28. The number of β-lactam (4-membered cyclic amide) rings is 1. The summed E-state index contributed by atoms with van der Waals surface area (Å²) in [4.78, 5) is 51.9. The number of esters is 1. The first-order valence-corrected chi connectivity index (χ1v) is 12.6. The molecular formula is C27H28N2O7S. The van der Waals surface area contributed by atoms with Gasteiger partial charge in [-0.1, -0.05) is 43.0 Å². The van der Waals surface area contributed by atoms with Crippen LogP contribution in [0.3, 0.4) is 0 Å². The van der Waals surface area contributed by atoms with Crippen molar-refractivity contribution in [3.8, 4) is 0 Å². The maximum Gasteiger partial charge on any atom is 0.411 e. The van der Waals surface area contributed by atoms with E-state index in [2.05, 4.69) is 11.9 Å². The molecule has 2 fully saturated rings. The van der Waals surface area contributed by atoms with Gasteiger partial charge in [0.15, 0.2) is 5.78 Å². The number of ketones is 1. The molecule has 2 aromatic rings. The summed E-state index contributed by atoms with van der Waals surface area (Å²) in [5.74, 6) is -2.60. The highest BCUT2D eigenvalue weighted by molar-refractivity contribution is 8.01. The van der Waals surface area contributed by atoms with Gasteiger partial charge < -0.3 is 19.5 Å². The highest BCUT2D eigenvalue weighted by Gasteiger charge is 2.66. The Labute approximate surface area is 218 Å². The number of ether oxygens (including phenoxy) is 2. The average Bonchev–Trinajstić information content (AvgIpc) is 3.13. The van der Waals surface area contributed by atoms with Gasteiger partial charge in [-0.15, -0.1) is 11.8 Å².